The van der Waals surface area contributed by atoms with E-state index < -0.39 is 0 Å². The highest BCUT2D eigenvalue weighted by Gasteiger charge is 2.19. The van der Waals surface area contributed by atoms with Gasteiger partial charge in [-0.15, -0.1) is 22.7 Å². The molecule has 0 bridgehead atoms. The maximum Gasteiger partial charge on any atom is 0.0434 e. The monoisotopic (exact) mass is 746 g/mol. The average Bonchev–Trinajstić information content (AvgIpc) is 3.86. The van der Waals surface area contributed by atoms with Crippen LogP contribution < -0.4 is 0 Å². The van der Waals surface area contributed by atoms with Crippen LogP contribution in [0.3, 0.4) is 0 Å². The number of hydrogen-bond donors (Lipinski definition) is 0. The largest absolute Gasteiger partial charge is 0.134 e. The number of rotatable bonds is 4. The van der Waals surface area contributed by atoms with Gasteiger partial charge in [0, 0.05) is 40.3 Å². The minimum absolute atomic E-state index is 1.09. The number of benzene rings is 9. The molecule has 2 heteroatoms. The summed E-state index contributed by atoms with van der Waals surface area (Å²) in [6.07, 6.45) is 6.86. The molecule has 1 aliphatic carbocycles. The molecule has 1 aliphatic rings. The second-order valence-electron chi connectivity index (χ2n) is 15.0. The fraction of sp³-hybridized carbons (Fsp3) is 0.0370. The molecule has 0 saturated carbocycles. The van der Waals surface area contributed by atoms with Crippen molar-refractivity contribution in [3.05, 3.63) is 187 Å². The number of allylic oxidation sites excluding steroid dienone is 1. The molecule has 0 nitrogen and oxygen atoms in total. The Hall–Kier alpha value is -6.32. The van der Waals surface area contributed by atoms with Gasteiger partial charge in [-0.25, -0.2) is 0 Å². The van der Waals surface area contributed by atoms with E-state index in [2.05, 4.69) is 182 Å². The zero-order chi connectivity index (χ0) is 36.7. The van der Waals surface area contributed by atoms with Crippen LogP contribution >= 0.6 is 22.7 Å². The molecule has 0 unspecified atom stereocenters. The van der Waals surface area contributed by atoms with Crippen molar-refractivity contribution < 1.29 is 0 Å². The van der Waals surface area contributed by atoms with Gasteiger partial charge < -0.3 is 0 Å². The fourth-order valence-corrected chi connectivity index (χ4v) is 12.1. The normalized spacial score (nSPS) is 12.8. The summed E-state index contributed by atoms with van der Waals surface area (Å²) in [6.45, 7) is 0. The van der Waals surface area contributed by atoms with Gasteiger partial charge in [0.05, 0.1) is 0 Å². The van der Waals surface area contributed by atoms with Crippen LogP contribution in [0.15, 0.2) is 176 Å². The number of thiophene rings is 2. The van der Waals surface area contributed by atoms with Gasteiger partial charge in [-0.2, -0.15) is 0 Å². The van der Waals surface area contributed by atoms with Crippen molar-refractivity contribution in [3.8, 4) is 44.5 Å². The summed E-state index contributed by atoms with van der Waals surface area (Å²) in [5, 5.41) is 10.7. The highest BCUT2D eigenvalue weighted by atomic mass is 32.1. The number of aryl methyl sites for hydroxylation is 1. The average molecular weight is 747 g/mol. The van der Waals surface area contributed by atoms with Gasteiger partial charge in [0.15, 0.2) is 0 Å². The molecule has 0 fully saturated rings. The summed E-state index contributed by atoms with van der Waals surface area (Å²) in [6, 6.07) is 63.4. The molecule has 0 atom stereocenters. The van der Waals surface area contributed by atoms with E-state index >= 15 is 0 Å². The van der Waals surface area contributed by atoms with Gasteiger partial charge >= 0.3 is 0 Å². The van der Waals surface area contributed by atoms with Crippen LogP contribution in [0.25, 0.3) is 112 Å². The Labute approximate surface area is 333 Å². The molecule has 11 aromatic rings. The Kier molecular flexibility index (Phi) is 7.20. The van der Waals surface area contributed by atoms with Crippen LogP contribution in [0, 0.1) is 0 Å². The molecule has 2 aromatic heterocycles. The van der Waals surface area contributed by atoms with Crippen molar-refractivity contribution in [2.45, 2.75) is 12.8 Å². The molecule has 0 radical (unpaired) electrons. The van der Waals surface area contributed by atoms with E-state index in [9.17, 15) is 0 Å². The SMILES string of the molecule is C1=Cc2c(c3ccc(-c4cccc5c4sc4c(-c6cccc(-c7cccc8c7sc7c(-c9ccccc9)cccc78)c6)cccc45)cc3c3ccccc23)CC1. The van der Waals surface area contributed by atoms with Crippen molar-refractivity contribution in [1.29, 1.82) is 0 Å². The van der Waals surface area contributed by atoms with Crippen molar-refractivity contribution in [2.75, 3.05) is 0 Å². The molecule has 262 valence electrons. The first-order valence-corrected chi connectivity index (χ1v) is 21.1. The molecule has 56 heavy (non-hydrogen) atoms. The van der Waals surface area contributed by atoms with Crippen LogP contribution in [-0.2, 0) is 6.42 Å². The first-order chi connectivity index (χ1) is 27.8. The van der Waals surface area contributed by atoms with Gasteiger partial charge in [0.1, 0.15) is 0 Å². The zero-order valence-corrected chi connectivity index (χ0v) is 32.2. The van der Waals surface area contributed by atoms with Crippen LogP contribution in [0.2, 0.25) is 0 Å². The zero-order valence-electron chi connectivity index (χ0n) is 30.6. The first-order valence-electron chi connectivity index (χ1n) is 19.5. The number of hydrogen-bond acceptors (Lipinski definition) is 2. The van der Waals surface area contributed by atoms with Crippen molar-refractivity contribution in [2.24, 2.45) is 0 Å². The van der Waals surface area contributed by atoms with Crippen molar-refractivity contribution in [1.82, 2.24) is 0 Å². The van der Waals surface area contributed by atoms with Crippen molar-refractivity contribution >= 4 is 90.6 Å². The summed E-state index contributed by atoms with van der Waals surface area (Å²) in [5.74, 6) is 0. The quantitative estimate of drug-likeness (QED) is 0.157. The lowest BCUT2D eigenvalue weighted by Crippen LogP contribution is -1.97. The second kappa shape index (κ2) is 12.6. The third kappa shape index (κ3) is 4.83. The molecule has 2 heterocycles. The molecular formula is C54H34S2. The predicted molar refractivity (Wildman–Crippen MR) is 246 cm³/mol. The Balaban J connectivity index is 1.00. The van der Waals surface area contributed by atoms with Crippen LogP contribution in [0.4, 0.5) is 0 Å². The lowest BCUT2D eigenvalue weighted by atomic mass is 9.86. The standard InChI is InChI=1S/C54H34S2/c1-2-13-33(14-3-1)37-21-9-25-46-47-26-10-22-38(52(47)55-51(37)46)34-15-8-16-35(31-34)39-23-11-27-48-49-28-12-24-40(54(49)56-53(39)48)36-29-30-45-43-19-5-4-17-41(43)42-18-6-7-20-44(42)50(45)32-36/h1-4,6-18,20-32H,5,19H2. The molecule has 0 amide bonds. The van der Waals surface area contributed by atoms with Crippen molar-refractivity contribution in [3.63, 3.8) is 0 Å². The summed E-state index contributed by atoms with van der Waals surface area (Å²) in [7, 11) is 0. The second-order valence-corrected chi connectivity index (χ2v) is 17.1. The maximum absolute atomic E-state index is 2.46. The summed E-state index contributed by atoms with van der Waals surface area (Å²) in [5.41, 5.74) is 13.1. The Morgan fingerprint density at radius 2 is 0.786 bits per heavy atom. The highest BCUT2D eigenvalue weighted by molar-refractivity contribution is 7.27. The third-order valence-electron chi connectivity index (χ3n) is 12.0. The van der Waals surface area contributed by atoms with E-state index in [1.54, 1.807) is 0 Å². The summed E-state index contributed by atoms with van der Waals surface area (Å²) < 4.78 is 5.37. The lowest BCUT2D eigenvalue weighted by Gasteiger charge is -2.18. The van der Waals surface area contributed by atoms with Crippen LogP contribution in [-0.4, -0.2) is 0 Å². The molecule has 0 saturated heterocycles. The van der Waals surface area contributed by atoms with E-state index in [-0.39, 0.29) is 0 Å². The van der Waals surface area contributed by atoms with Gasteiger partial charge in [0.25, 0.3) is 0 Å². The maximum atomic E-state index is 2.46. The van der Waals surface area contributed by atoms with E-state index in [1.165, 1.54) is 118 Å². The highest BCUT2D eigenvalue weighted by Crippen LogP contribution is 2.47. The molecular weight excluding hydrogens is 713 g/mol. The number of fused-ring (bicyclic) bond motifs is 12. The van der Waals surface area contributed by atoms with Gasteiger partial charge in [-0.05, 0) is 102 Å². The van der Waals surface area contributed by atoms with Gasteiger partial charge in [-0.1, -0.05) is 170 Å². The van der Waals surface area contributed by atoms with E-state index in [1.807, 2.05) is 22.7 Å². The smallest absolute Gasteiger partial charge is 0.0434 e. The Bertz CT molecular complexity index is 3410. The van der Waals surface area contributed by atoms with E-state index in [0.717, 1.165) is 12.8 Å². The molecule has 0 spiro atoms. The first kappa shape index (κ1) is 32.0. The minimum atomic E-state index is 1.09. The van der Waals surface area contributed by atoms with Crippen LogP contribution in [0.5, 0.6) is 0 Å². The topological polar surface area (TPSA) is 0 Å². The summed E-state index contributed by atoms with van der Waals surface area (Å²) in [4.78, 5) is 0. The lowest BCUT2D eigenvalue weighted by molar-refractivity contribution is 1.00. The Morgan fingerprint density at radius 1 is 0.321 bits per heavy atom. The molecule has 0 aliphatic heterocycles. The molecule has 12 rings (SSSR count). The van der Waals surface area contributed by atoms with Gasteiger partial charge in [0.2, 0.25) is 0 Å². The summed E-state index contributed by atoms with van der Waals surface area (Å²) >= 11 is 3.85. The molecule has 0 N–H and O–H groups in total. The fourth-order valence-electron chi connectivity index (χ4n) is 9.37. The minimum Gasteiger partial charge on any atom is -0.134 e. The van der Waals surface area contributed by atoms with Crippen LogP contribution in [0.1, 0.15) is 17.5 Å². The predicted octanol–water partition coefficient (Wildman–Crippen LogP) is 16.4. The van der Waals surface area contributed by atoms with E-state index in [0.29, 0.717) is 0 Å². The van der Waals surface area contributed by atoms with Gasteiger partial charge in [-0.3, -0.25) is 0 Å². The third-order valence-corrected chi connectivity index (χ3v) is 14.5. The Morgan fingerprint density at radius 3 is 1.38 bits per heavy atom. The molecule has 9 aromatic carbocycles. The van der Waals surface area contributed by atoms with E-state index in [4.69, 9.17) is 0 Å².